The van der Waals surface area contributed by atoms with Crippen molar-refractivity contribution < 1.29 is 18.3 Å². The third-order valence-corrected chi connectivity index (χ3v) is 2.93. The number of nitrogens with zero attached hydrogens (tertiary/aromatic N) is 1. The third kappa shape index (κ3) is 2.93. The minimum absolute atomic E-state index is 0.407. The second kappa shape index (κ2) is 5.01. The Hall–Kier alpha value is -1.88. The molecule has 1 heterocycles. The summed E-state index contributed by atoms with van der Waals surface area (Å²) < 4.78 is 37.3. The fraction of sp³-hybridized carbons (Fsp3) is 0.214. The SMILES string of the molecule is Cc1ccncc1C(O)c1ccc(C(F)(F)F)cc1. The van der Waals surface area contributed by atoms with Crippen LogP contribution in [-0.2, 0) is 6.18 Å². The molecule has 2 rings (SSSR count). The van der Waals surface area contributed by atoms with E-state index < -0.39 is 17.8 Å². The van der Waals surface area contributed by atoms with Crippen molar-refractivity contribution in [2.24, 2.45) is 0 Å². The molecule has 1 unspecified atom stereocenters. The van der Waals surface area contributed by atoms with Gasteiger partial charge in [-0.2, -0.15) is 13.2 Å². The van der Waals surface area contributed by atoms with E-state index >= 15 is 0 Å². The monoisotopic (exact) mass is 267 g/mol. The highest BCUT2D eigenvalue weighted by atomic mass is 19.4. The van der Waals surface area contributed by atoms with Crippen molar-refractivity contribution in [2.75, 3.05) is 0 Å². The predicted molar refractivity (Wildman–Crippen MR) is 64.5 cm³/mol. The minimum Gasteiger partial charge on any atom is -0.384 e. The lowest BCUT2D eigenvalue weighted by molar-refractivity contribution is -0.137. The number of aromatic nitrogens is 1. The molecule has 0 saturated heterocycles. The summed E-state index contributed by atoms with van der Waals surface area (Å²) in [5.74, 6) is 0. The van der Waals surface area contributed by atoms with Crippen LogP contribution in [0.5, 0.6) is 0 Å². The molecular weight excluding hydrogens is 255 g/mol. The average molecular weight is 267 g/mol. The maximum Gasteiger partial charge on any atom is 0.416 e. The number of aliphatic hydroxyl groups is 1. The number of alkyl halides is 3. The van der Waals surface area contributed by atoms with E-state index in [9.17, 15) is 18.3 Å². The Balaban J connectivity index is 2.31. The zero-order valence-corrected chi connectivity index (χ0v) is 10.1. The molecule has 0 aliphatic carbocycles. The summed E-state index contributed by atoms with van der Waals surface area (Å²) in [7, 11) is 0. The molecule has 1 atom stereocenters. The summed E-state index contributed by atoms with van der Waals surface area (Å²) in [5.41, 5.74) is 1.10. The molecule has 0 radical (unpaired) electrons. The van der Waals surface area contributed by atoms with Gasteiger partial charge < -0.3 is 5.11 Å². The van der Waals surface area contributed by atoms with E-state index in [0.29, 0.717) is 11.1 Å². The van der Waals surface area contributed by atoms with Crippen LogP contribution >= 0.6 is 0 Å². The van der Waals surface area contributed by atoms with Gasteiger partial charge in [0.05, 0.1) is 5.56 Å². The molecule has 2 nitrogen and oxygen atoms in total. The second-order valence-corrected chi connectivity index (χ2v) is 4.25. The largest absolute Gasteiger partial charge is 0.416 e. The van der Waals surface area contributed by atoms with Crippen molar-refractivity contribution in [1.82, 2.24) is 4.98 Å². The van der Waals surface area contributed by atoms with E-state index in [1.165, 1.54) is 18.3 Å². The highest BCUT2D eigenvalue weighted by Crippen LogP contribution is 2.31. The molecule has 1 aromatic carbocycles. The number of pyridine rings is 1. The molecule has 0 spiro atoms. The molecular formula is C14H12F3NO. The molecule has 5 heteroatoms. The van der Waals surface area contributed by atoms with Gasteiger partial charge in [0.15, 0.2) is 0 Å². The number of hydrogen-bond donors (Lipinski definition) is 1. The van der Waals surface area contributed by atoms with E-state index in [1.54, 1.807) is 12.3 Å². The van der Waals surface area contributed by atoms with Gasteiger partial charge in [0.1, 0.15) is 6.10 Å². The van der Waals surface area contributed by atoms with Gasteiger partial charge in [0.25, 0.3) is 0 Å². The first-order chi connectivity index (χ1) is 8.89. The maximum atomic E-state index is 12.4. The quantitative estimate of drug-likeness (QED) is 0.903. The Morgan fingerprint density at radius 1 is 1.11 bits per heavy atom. The van der Waals surface area contributed by atoms with Crippen molar-refractivity contribution in [3.63, 3.8) is 0 Å². The normalized spacial score (nSPS) is 13.3. The second-order valence-electron chi connectivity index (χ2n) is 4.25. The van der Waals surface area contributed by atoms with Crippen molar-refractivity contribution in [3.8, 4) is 0 Å². The standard InChI is InChI=1S/C14H12F3NO/c1-9-6-7-18-8-12(9)13(19)10-2-4-11(5-3-10)14(15,16)17/h2-8,13,19H,1H3. The van der Waals surface area contributed by atoms with E-state index in [4.69, 9.17) is 0 Å². The topological polar surface area (TPSA) is 33.1 Å². The summed E-state index contributed by atoms with van der Waals surface area (Å²) in [6, 6.07) is 6.22. The summed E-state index contributed by atoms with van der Waals surface area (Å²) in [6.45, 7) is 1.81. The Kier molecular flexibility index (Phi) is 3.57. The van der Waals surface area contributed by atoms with E-state index in [-0.39, 0.29) is 0 Å². The van der Waals surface area contributed by atoms with Crippen molar-refractivity contribution in [2.45, 2.75) is 19.2 Å². The number of halogens is 3. The number of rotatable bonds is 2. The van der Waals surface area contributed by atoms with Crippen molar-refractivity contribution in [3.05, 3.63) is 65.0 Å². The Morgan fingerprint density at radius 2 is 1.74 bits per heavy atom. The maximum absolute atomic E-state index is 12.4. The van der Waals surface area contributed by atoms with Crippen LogP contribution in [0.4, 0.5) is 13.2 Å². The number of aryl methyl sites for hydroxylation is 1. The molecule has 0 saturated carbocycles. The fourth-order valence-electron chi connectivity index (χ4n) is 1.80. The van der Waals surface area contributed by atoms with Crippen LogP contribution in [-0.4, -0.2) is 10.1 Å². The van der Waals surface area contributed by atoms with Crippen LogP contribution in [0.25, 0.3) is 0 Å². The molecule has 2 aromatic rings. The van der Waals surface area contributed by atoms with Crippen molar-refractivity contribution in [1.29, 1.82) is 0 Å². The zero-order chi connectivity index (χ0) is 14.0. The Labute approximate surface area is 108 Å². The molecule has 0 bridgehead atoms. The Morgan fingerprint density at radius 3 is 2.26 bits per heavy atom. The van der Waals surface area contributed by atoms with Gasteiger partial charge in [-0.1, -0.05) is 12.1 Å². The average Bonchev–Trinajstić information content (AvgIpc) is 2.38. The van der Waals surface area contributed by atoms with Crippen LogP contribution in [0.3, 0.4) is 0 Å². The first-order valence-electron chi connectivity index (χ1n) is 5.65. The molecule has 0 aliphatic rings. The van der Waals surface area contributed by atoms with Crippen LogP contribution < -0.4 is 0 Å². The Bertz CT molecular complexity index is 564. The van der Waals surface area contributed by atoms with Crippen LogP contribution in [0, 0.1) is 6.92 Å². The van der Waals surface area contributed by atoms with Crippen LogP contribution in [0.2, 0.25) is 0 Å². The first-order valence-corrected chi connectivity index (χ1v) is 5.65. The lowest BCUT2D eigenvalue weighted by atomic mass is 9.98. The van der Waals surface area contributed by atoms with Gasteiger partial charge in [0, 0.05) is 18.0 Å². The van der Waals surface area contributed by atoms with Gasteiger partial charge in [-0.25, -0.2) is 0 Å². The molecule has 19 heavy (non-hydrogen) atoms. The van der Waals surface area contributed by atoms with Gasteiger partial charge in [0.2, 0.25) is 0 Å². The highest BCUT2D eigenvalue weighted by molar-refractivity contribution is 5.34. The summed E-state index contributed by atoms with van der Waals surface area (Å²) in [6.07, 6.45) is -2.24. The van der Waals surface area contributed by atoms with Gasteiger partial charge in [-0.3, -0.25) is 4.98 Å². The van der Waals surface area contributed by atoms with Gasteiger partial charge in [-0.15, -0.1) is 0 Å². The number of hydrogen-bond acceptors (Lipinski definition) is 2. The van der Waals surface area contributed by atoms with E-state index in [2.05, 4.69) is 4.98 Å². The summed E-state index contributed by atoms with van der Waals surface area (Å²) >= 11 is 0. The molecule has 0 fully saturated rings. The van der Waals surface area contributed by atoms with Gasteiger partial charge in [-0.05, 0) is 36.2 Å². The van der Waals surface area contributed by atoms with Crippen molar-refractivity contribution >= 4 is 0 Å². The number of aliphatic hydroxyl groups excluding tert-OH is 1. The lowest BCUT2D eigenvalue weighted by Crippen LogP contribution is -2.06. The highest BCUT2D eigenvalue weighted by Gasteiger charge is 2.30. The summed E-state index contributed by atoms with van der Waals surface area (Å²) in [4.78, 5) is 3.91. The fourth-order valence-corrected chi connectivity index (χ4v) is 1.80. The smallest absolute Gasteiger partial charge is 0.384 e. The van der Waals surface area contributed by atoms with E-state index in [1.807, 2.05) is 6.92 Å². The zero-order valence-electron chi connectivity index (χ0n) is 10.1. The van der Waals surface area contributed by atoms with Crippen LogP contribution in [0.15, 0.2) is 42.7 Å². The summed E-state index contributed by atoms with van der Waals surface area (Å²) in [5, 5.41) is 10.1. The minimum atomic E-state index is -4.37. The van der Waals surface area contributed by atoms with E-state index in [0.717, 1.165) is 17.7 Å². The van der Waals surface area contributed by atoms with Crippen LogP contribution in [0.1, 0.15) is 28.4 Å². The third-order valence-electron chi connectivity index (χ3n) is 2.93. The molecule has 100 valence electrons. The lowest BCUT2D eigenvalue weighted by Gasteiger charge is -2.14. The molecule has 1 N–H and O–H groups in total. The molecule has 0 amide bonds. The number of benzene rings is 1. The first kappa shape index (κ1) is 13.5. The molecule has 1 aromatic heterocycles. The van der Waals surface area contributed by atoms with Gasteiger partial charge >= 0.3 is 6.18 Å². The molecule has 0 aliphatic heterocycles. The predicted octanol–water partition coefficient (Wildman–Crippen LogP) is 3.49.